The van der Waals surface area contributed by atoms with Crippen LogP contribution in [-0.2, 0) is 11.2 Å². The van der Waals surface area contributed by atoms with Crippen molar-refractivity contribution in [2.75, 3.05) is 0 Å². The maximum atomic E-state index is 13.3. The fourth-order valence-electron chi connectivity index (χ4n) is 1.22. The smallest absolute Gasteiger partial charge is 0.170 e. The molecule has 0 amide bonds. The van der Waals surface area contributed by atoms with Crippen molar-refractivity contribution in [1.82, 2.24) is 0 Å². The van der Waals surface area contributed by atoms with Crippen LogP contribution in [0, 0.1) is 12.7 Å². The van der Waals surface area contributed by atoms with E-state index in [0.29, 0.717) is 17.4 Å². The predicted octanol–water partition coefficient (Wildman–Crippen LogP) is 2.62. The molecule has 1 aromatic carbocycles. The number of aromatic hydroxyl groups is 1. The molecule has 0 aromatic heterocycles. The lowest BCUT2D eigenvalue weighted by Gasteiger charge is -2.07. The van der Waals surface area contributed by atoms with Crippen LogP contribution in [0.3, 0.4) is 0 Å². The van der Waals surface area contributed by atoms with Crippen molar-refractivity contribution in [3.05, 3.63) is 28.0 Å². The first-order valence-corrected chi connectivity index (χ1v) is 4.55. The molecule has 2 nitrogen and oxygen atoms in total. The van der Waals surface area contributed by atoms with Crippen molar-refractivity contribution in [3.8, 4) is 5.75 Å². The number of carbonyl (C=O) groups excluding carboxylic acids is 1. The first-order valence-electron chi connectivity index (χ1n) is 4.18. The van der Waals surface area contributed by atoms with E-state index in [-0.39, 0.29) is 17.9 Å². The van der Waals surface area contributed by atoms with Gasteiger partial charge in [-0.3, -0.25) is 0 Å². The lowest BCUT2D eigenvalue weighted by atomic mass is 10.1. The van der Waals surface area contributed by atoms with E-state index in [0.717, 1.165) is 0 Å². The summed E-state index contributed by atoms with van der Waals surface area (Å²) in [4.78, 5) is 10.1. The summed E-state index contributed by atoms with van der Waals surface area (Å²) in [6.07, 6.45) is 1.22. The third-order valence-corrected chi connectivity index (χ3v) is 2.44. The minimum absolute atomic E-state index is 0.0253. The summed E-state index contributed by atoms with van der Waals surface area (Å²) >= 11 is 5.63. The lowest BCUT2D eigenvalue weighted by molar-refractivity contribution is -0.107. The molecule has 0 atom stereocenters. The molecule has 4 heteroatoms. The number of aryl methyl sites for hydroxylation is 2. The van der Waals surface area contributed by atoms with E-state index in [4.69, 9.17) is 11.6 Å². The summed E-state index contributed by atoms with van der Waals surface area (Å²) in [7, 11) is 0. The van der Waals surface area contributed by atoms with Crippen LogP contribution in [0.15, 0.2) is 6.07 Å². The highest BCUT2D eigenvalue weighted by Gasteiger charge is 2.13. The number of benzene rings is 1. The number of phenolic OH excluding ortho intramolecular Hbond substituents is 1. The van der Waals surface area contributed by atoms with Crippen LogP contribution in [0.25, 0.3) is 0 Å². The number of rotatable bonds is 3. The molecule has 0 bridgehead atoms. The molecular formula is C10H10ClFO2. The predicted molar refractivity (Wildman–Crippen MR) is 52.2 cm³/mol. The van der Waals surface area contributed by atoms with Crippen molar-refractivity contribution in [2.45, 2.75) is 19.8 Å². The quantitative estimate of drug-likeness (QED) is 0.789. The van der Waals surface area contributed by atoms with Crippen molar-refractivity contribution in [3.63, 3.8) is 0 Å². The number of carbonyl (C=O) groups is 1. The average molecular weight is 217 g/mol. The minimum Gasteiger partial charge on any atom is -0.504 e. The van der Waals surface area contributed by atoms with Crippen molar-refractivity contribution < 1.29 is 14.3 Å². The highest BCUT2D eigenvalue weighted by atomic mass is 35.5. The second-order valence-electron chi connectivity index (χ2n) is 3.03. The van der Waals surface area contributed by atoms with Gasteiger partial charge in [-0.05, 0) is 24.5 Å². The van der Waals surface area contributed by atoms with Gasteiger partial charge in [0.25, 0.3) is 0 Å². The second-order valence-corrected chi connectivity index (χ2v) is 3.41. The molecule has 0 radical (unpaired) electrons. The van der Waals surface area contributed by atoms with Gasteiger partial charge in [0.2, 0.25) is 0 Å². The van der Waals surface area contributed by atoms with Gasteiger partial charge >= 0.3 is 0 Å². The van der Waals surface area contributed by atoms with Crippen LogP contribution in [0.2, 0.25) is 5.02 Å². The van der Waals surface area contributed by atoms with Crippen LogP contribution in [0.4, 0.5) is 4.39 Å². The Labute approximate surface area is 86.3 Å². The van der Waals surface area contributed by atoms with Gasteiger partial charge in [-0.15, -0.1) is 0 Å². The van der Waals surface area contributed by atoms with Gasteiger partial charge in [-0.2, -0.15) is 0 Å². The summed E-state index contributed by atoms with van der Waals surface area (Å²) in [6.45, 7) is 1.67. The molecule has 0 spiro atoms. The summed E-state index contributed by atoms with van der Waals surface area (Å²) in [6, 6.07) is 1.54. The van der Waals surface area contributed by atoms with Gasteiger partial charge in [0.1, 0.15) is 6.29 Å². The monoisotopic (exact) mass is 216 g/mol. The highest BCUT2D eigenvalue weighted by molar-refractivity contribution is 6.32. The SMILES string of the molecule is Cc1cc(CCC=O)c(F)c(O)c1Cl. The molecular weight excluding hydrogens is 207 g/mol. The topological polar surface area (TPSA) is 37.3 Å². The summed E-state index contributed by atoms with van der Waals surface area (Å²) in [5.74, 6) is -1.27. The van der Waals surface area contributed by atoms with Gasteiger partial charge in [0.15, 0.2) is 11.6 Å². The Morgan fingerprint density at radius 2 is 2.29 bits per heavy atom. The molecule has 1 aromatic rings. The van der Waals surface area contributed by atoms with E-state index in [1.807, 2.05) is 0 Å². The summed E-state index contributed by atoms with van der Waals surface area (Å²) in [5.41, 5.74) is 0.919. The minimum atomic E-state index is -0.734. The number of aldehydes is 1. The third kappa shape index (κ3) is 2.04. The fourth-order valence-corrected chi connectivity index (χ4v) is 1.36. The Balaban J connectivity index is 3.12. The maximum absolute atomic E-state index is 13.3. The van der Waals surface area contributed by atoms with Gasteiger partial charge < -0.3 is 9.90 Å². The number of hydrogen-bond donors (Lipinski definition) is 1. The van der Waals surface area contributed by atoms with E-state index < -0.39 is 11.6 Å². The normalized spacial score (nSPS) is 10.2. The van der Waals surface area contributed by atoms with Crippen LogP contribution in [0.1, 0.15) is 17.5 Å². The first kappa shape index (κ1) is 11.0. The fraction of sp³-hybridized carbons (Fsp3) is 0.300. The molecule has 76 valence electrons. The Morgan fingerprint density at radius 1 is 1.64 bits per heavy atom. The third-order valence-electron chi connectivity index (χ3n) is 1.97. The Kier molecular flexibility index (Phi) is 3.47. The van der Waals surface area contributed by atoms with Gasteiger partial charge in [0, 0.05) is 6.42 Å². The van der Waals surface area contributed by atoms with E-state index in [1.54, 1.807) is 13.0 Å². The van der Waals surface area contributed by atoms with Gasteiger partial charge in [0.05, 0.1) is 5.02 Å². The largest absolute Gasteiger partial charge is 0.504 e. The Hall–Kier alpha value is -1.09. The maximum Gasteiger partial charge on any atom is 0.170 e. The number of phenols is 1. The van der Waals surface area contributed by atoms with Crippen LogP contribution in [-0.4, -0.2) is 11.4 Å². The molecule has 0 fully saturated rings. The molecule has 0 aliphatic heterocycles. The molecule has 14 heavy (non-hydrogen) atoms. The molecule has 1 N–H and O–H groups in total. The first-order chi connectivity index (χ1) is 6.57. The van der Waals surface area contributed by atoms with E-state index >= 15 is 0 Å². The lowest BCUT2D eigenvalue weighted by Crippen LogP contribution is -1.94. The molecule has 1 rings (SSSR count). The molecule has 0 saturated heterocycles. The van der Waals surface area contributed by atoms with Gasteiger partial charge in [-0.1, -0.05) is 17.7 Å². The highest BCUT2D eigenvalue weighted by Crippen LogP contribution is 2.32. The summed E-state index contributed by atoms with van der Waals surface area (Å²) < 4.78 is 13.3. The van der Waals surface area contributed by atoms with Crippen LogP contribution >= 0.6 is 11.6 Å². The zero-order valence-corrected chi connectivity index (χ0v) is 8.44. The van der Waals surface area contributed by atoms with Crippen molar-refractivity contribution in [1.29, 1.82) is 0 Å². The molecule has 0 aliphatic carbocycles. The number of halogens is 2. The van der Waals surface area contributed by atoms with Gasteiger partial charge in [-0.25, -0.2) is 4.39 Å². The van der Waals surface area contributed by atoms with E-state index in [9.17, 15) is 14.3 Å². The van der Waals surface area contributed by atoms with Crippen molar-refractivity contribution >= 4 is 17.9 Å². The zero-order valence-electron chi connectivity index (χ0n) is 7.68. The Morgan fingerprint density at radius 3 is 2.86 bits per heavy atom. The molecule has 0 saturated carbocycles. The standard InChI is InChI=1S/C10H10ClFO2/c1-6-5-7(3-2-4-13)9(12)10(14)8(6)11/h4-5,14H,2-3H2,1H3. The second kappa shape index (κ2) is 4.42. The van der Waals surface area contributed by atoms with E-state index in [1.165, 1.54) is 0 Å². The zero-order chi connectivity index (χ0) is 10.7. The van der Waals surface area contributed by atoms with Crippen LogP contribution in [0.5, 0.6) is 5.75 Å². The number of hydrogen-bond acceptors (Lipinski definition) is 2. The Bertz CT molecular complexity index is 364. The van der Waals surface area contributed by atoms with Crippen molar-refractivity contribution in [2.24, 2.45) is 0 Å². The average Bonchev–Trinajstić information content (AvgIpc) is 2.18. The van der Waals surface area contributed by atoms with E-state index in [2.05, 4.69) is 0 Å². The molecule has 0 aliphatic rings. The summed E-state index contributed by atoms with van der Waals surface area (Å²) in [5, 5.41) is 9.30. The molecule has 0 unspecified atom stereocenters. The molecule has 0 heterocycles. The van der Waals surface area contributed by atoms with Crippen LogP contribution < -0.4 is 0 Å².